The van der Waals surface area contributed by atoms with Gasteiger partial charge in [-0.2, -0.15) is 0 Å². The molecule has 92 valence electrons. The smallest absolute Gasteiger partial charge is 0.735 e. The second-order valence-corrected chi connectivity index (χ2v) is 3.75. The van der Waals surface area contributed by atoms with Crippen molar-refractivity contribution in [1.82, 2.24) is 9.97 Å². The second kappa shape index (κ2) is 9.61. The fraction of sp³-hybridized carbons (Fsp3) is 0. The third-order valence-corrected chi connectivity index (χ3v) is 2.17. The number of carbonyl (C=O) groups is 2. The summed E-state index contributed by atoms with van der Waals surface area (Å²) in [6, 6.07) is 10.1. The Bertz CT molecular complexity index is 474. The summed E-state index contributed by atoms with van der Waals surface area (Å²) in [6.07, 6.45) is 3.08. The van der Waals surface area contributed by atoms with E-state index in [1.807, 2.05) is 0 Å². The molecule has 4 nitrogen and oxygen atoms in total. The molecule has 0 aliphatic heterocycles. The summed E-state index contributed by atoms with van der Waals surface area (Å²) in [5.74, 6) is 0. The van der Waals surface area contributed by atoms with E-state index in [0.717, 1.165) is 0 Å². The second-order valence-electron chi connectivity index (χ2n) is 3.00. The van der Waals surface area contributed by atoms with Gasteiger partial charge in [0.25, 0.3) is 0 Å². The van der Waals surface area contributed by atoms with Crippen LogP contribution in [0.3, 0.4) is 0 Å². The maximum Gasteiger partial charge on any atom is 2.00 e. The molecule has 2 rings (SSSR count). The molecule has 2 aromatic rings. The zero-order valence-electron chi connectivity index (χ0n) is 9.85. The van der Waals surface area contributed by atoms with Crippen LogP contribution in [-0.4, -0.2) is 20.2 Å². The molecule has 19 heavy (non-hydrogen) atoms. The molecule has 0 unspecified atom stereocenters. The van der Waals surface area contributed by atoms with E-state index >= 15 is 0 Å². The summed E-state index contributed by atoms with van der Waals surface area (Å²) < 4.78 is 0. The molecule has 0 bridgehead atoms. The van der Waals surface area contributed by atoms with Crippen LogP contribution in [0.2, 0.25) is 0 Å². The van der Waals surface area contributed by atoms with E-state index in [0.29, 0.717) is 11.4 Å². The van der Waals surface area contributed by atoms with Gasteiger partial charge in [0.15, 0.2) is 0 Å². The molecule has 0 spiro atoms. The molecule has 2 heterocycles. The molecular weight excluding hydrogens is 334 g/mol. The average molecular weight is 342 g/mol. The first-order valence-corrected chi connectivity index (χ1v) is 5.67. The third kappa shape index (κ3) is 7.01. The molecule has 0 saturated carbocycles. The number of pyridine rings is 2. The maximum atomic E-state index is 10.4. The largest absolute Gasteiger partial charge is 2.00 e. The predicted molar refractivity (Wildman–Crippen MR) is 71.9 cm³/mol. The third-order valence-electron chi connectivity index (χ3n) is 1.75. The first-order chi connectivity index (χ1) is 8.61. The monoisotopic (exact) mass is 340 g/mol. The van der Waals surface area contributed by atoms with Gasteiger partial charge >= 0.3 is 19.5 Å². The Hall–Kier alpha value is -1.30. The van der Waals surface area contributed by atoms with Crippen molar-refractivity contribution < 1.29 is 29.1 Å². The average Bonchev–Trinajstić information content (AvgIpc) is 2.41. The summed E-state index contributed by atoms with van der Waals surface area (Å²) in [5.41, 5.74) is 0.681. The normalized spacial score (nSPS) is 8.42. The van der Waals surface area contributed by atoms with E-state index in [-0.39, 0.29) is 19.5 Å². The molecule has 0 N–H and O–H groups in total. The predicted octanol–water partition coefficient (Wildman–Crippen LogP) is 1.53. The molecule has 0 aromatic carbocycles. The Kier molecular flexibility index (Phi) is 8.95. The van der Waals surface area contributed by atoms with Gasteiger partial charge in [0, 0.05) is 12.4 Å². The Balaban J connectivity index is 0.000000324. The van der Waals surface area contributed by atoms with Crippen LogP contribution in [0.5, 0.6) is 0 Å². The van der Waals surface area contributed by atoms with Crippen molar-refractivity contribution >= 4 is 35.5 Å². The van der Waals surface area contributed by atoms with Gasteiger partial charge in [-0.1, -0.05) is 12.1 Å². The van der Waals surface area contributed by atoms with Crippen molar-refractivity contribution in [1.29, 1.82) is 0 Å². The van der Waals surface area contributed by atoms with Gasteiger partial charge in [0.1, 0.15) is 0 Å². The zero-order chi connectivity index (χ0) is 13.4. The van der Waals surface area contributed by atoms with Crippen molar-refractivity contribution in [2.45, 2.75) is 0 Å². The Morgan fingerprint density at radius 1 is 0.789 bits per heavy atom. The van der Waals surface area contributed by atoms with E-state index < -0.39 is 10.2 Å². The number of rotatable bonds is 2. The summed E-state index contributed by atoms with van der Waals surface area (Å²) in [7, 11) is 0. The molecule has 0 saturated heterocycles. The molecule has 7 heteroatoms. The number of hydrogen-bond donors (Lipinski definition) is 0. The molecule has 0 amide bonds. The van der Waals surface area contributed by atoms with E-state index in [1.54, 1.807) is 48.8 Å². The molecule has 2 aromatic heterocycles. The molecule has 0 atom stereocenters. The van der Waals surface area contributed by atoms with Gasteiger partial charge in [-0.25, -0.2) is 0 Å². The van der Waals surface area contributed by atoms with Gasteiger partial charge in [0.2, 0.25) is 0 Å². The minimum absolute atomic E-state index is 0. The number of carbonyl (C=O) groups excluding carboxylic acids is 2. The SMILES string of the molecule is O=C([S-])c1ccccn1.O=C([S-])c1ccccn1.[Zn+2]. The first-order valence-electron chi connectivity index (χ1n) is 4.86. The summed E-state index contributed by atoms with van der Waals surface area (Å²) in [6.45, 7) is 0. The summed E-state index contributed by atoms with van der Waals surface area (Å²) in [4.78, 5) is 28.2. The van der Waals surface area contributed by atoms with E-state index in [9.17, 15) is 9.59 Å². The van der Waals surface area contributed by atoms with E-state index in [2.05, 4.69) is 35.2 Å². The van der Waals surface area contributed by atoms with Crippen molar-refractivity contribution in [3.63, 3.8) is 0 Å². The number of hydrogen-bond acceptors (Lipinski definition) is 6. The van der Waals surface area contributed by atoms with Gasteiger partial charge in [-0.05, 0) is 24.3 Å². The standard InChI is InChI=1S/2C6H5NOS.Zn/c2*8-6(9)5-3-1-2-4-7-5;/h2*1-4H,(H,8,9);/q;;+2/p-2. The zero-order valence-corrected chi connectivity index (χ0v) is 14.5. The quantitative estimate of drug-likeness (QED) is 0.610. The van der Waals surface area contributed by atoms with Gasteiger partial charge < -0.3 is 34.8 Å². The first kappa shape index (κ1) is 17.7. The van der Waals surface area contributed by atoms with Gasteiger partial charge in [0.05, 0.1) is 21.6 Å². The van der Waals surface area contributed by atoms with Crippen LogP contribution in [0.1, 0.15) is 21.0 Å². The van der Waals surface area contributed by atoms with Crippen LogP contribution in [0.4, 0.5) is 0 Å². The molecule has 0 aliphatic carbocycles. The molecule has 0 radical (unpaired) electrons. The summed E-state index contributed by atoms with van der Waals surface area (Å²) >= 11 is 8.69. The topological polar surface area (TPSA) is 59.9 Å². The molecule has 0 aliphatic rings. The van der Waals surface area contributed by atoms with Crippen LogP contribution in [0, 0.1) is 0 Å². The van der Waals surface area contributed by atoms with Crippen molar-refractivity contribution in [3.8, 4) is 0 Å². The molecule has 0 fully saturated rings. The Labute approximate surface area is 134 Å². The minimum atomic E-state index is -0.407. The van der Waals surface area contributed by atoms with Gasteiger partial charge in [-0.15, -0.1) is 0 Å². The fourth-order valence-electron chi connectivity index (χ4n) is 0.967. The van der Waals surface area contributed by atoms with Crippen LogP contribution in [0.25, 0.3) is 0 Å². The van der Waals surface area contributed by atoms with Crippen LogP contribution in [0.15, 0.2) is 48.8 Å². The number of nitrogens with zero attached hydrogens (tertiary/aromatic N) is 2. The number of aromatic nitrogens is 2. The van der Waals surface area contributed by atoms with Crippen LogP contribution >= 0.6 is 0 Å². The van der Waals surface area contributed by atoms with Crippen LogP contribution in [-0.2, 0) is 44.7 Å². The van der Waals surface area contributed by atoms with Gasteiger partial charge in [-0.3, -0.25) is 9.97 Å². The fourth-order valence-corrected chi connectivity index (χ4v) is 1.21. The van der Waals surface area contributed by atoms with Crippen LogP contribution < -0.4 is 0 Å². The molecular formula is C12H8N2O2S2Zn. The Morgan fingerprint density at radius 3 is 1.32 bits per heavy atom. The van der Waals surface area contributed by atoms with E-state index in [1.165, 1.54) is 0 Å². The van der Waals surface area contributed by atoms with Crippen molar-refractivity contribution in [3.05, 3.63) is 60.2 Å². The minimum Gasteiger partial charge on any atom is -0.735 e. The summed E-state index contributed by atoms with van der Waals surface area (Å²) in [5, 5.41) is -0.814. The van der Waals surface area contributed by atoms with E-state index in [4.69, 9.17) is 0 Å². The maximum absolute atomic E-state index is 10.4. The Morgan fingerprint density at radius 2 is 1.16 bits per heavy atom. The van der Waals surface area contributed by atoms with Crippen molar-refractivity contribution in [2.24, 2.45) is 0 Å². The van der Waals surface area contributed by atoms with Crippen molar-refractivity contribution in [2.75, 3.05) is 0 Å².